The van der Waals surface area contributed by atoms with Gasteiger partial charge in [-0.2, -0.15) is 0 Å². The third-order valence-corrected chi connectivity index (χ3v) is 3.36. The van der Waals surface area contributed by atoms with Crippen molar-refractivity contribution in [2.75, 3.05) is 13.2 Å². The first-order chi connectivity index (χ1) is 11.1. The Hall–Kier alpha value is -2.89. The minimum atomic E-state index is -0.415. The van der Waals surface area contributed by atoms with Gasteiger partial charge >= 0.3 is 5.69 Å². The van der Waals surface area contributed by atoms with Crippen LogP contribution in [0.1, 0.15) is 12.8 Å². The minimum Gasteiger partial charge on any atom is -0.487 e. The van der Waals surface area contributed by atoms with Gasteiger partial charge in [0, 0.05) is 6.54 Å². The molecule has 0 spiro atoms. The highest BCUT2D eigenvalue weighted by atomic mass is 16.6. The smallest absolute Gasteiger partial charge is 0.318 e. The summed E-state index contributed by atoms with van der Waals surface area (Å²) in [6, 6.07) is 10.6. The number of nitro groups is 1. The number of amides is 1. The molecule has 0 atom stereocenters. The number of ether oxygens (including phenoxy) is 1. The van der Waals surface area contributed by atoms with E-state index in [9.17, 15) is 14.9 Å². The van der Waals surface area contributed by atoms with Crippen molar-refractivity contribution in [1.29, 1.82) is 0 Å². The zero-order valence-corrected chi connectivity index (χ0v) is 12.7. The fourth-order valence-corrected chi connectivity index (χ4v) is 2.23. The van der Waals surface area contributed by atoms with Crippen LogP contribution >= 0.6 is 0 Å². The van der Waals surface area contributed by atoms with Gasteiger partial charge in [-0.05, 0) is 36.4 Å². The summed E-state index contributed by atoms with van der Waals surface area (Å²) >= 11 is 0. The lowest BCUT2D eigenvalue weighted by Gasteiger charge is -2.09. The van der Waals surface area contributed by atoms with E-state index in [1.165, 1.54) is 6.08 Å². The molecule has 1 amide bonds. The average molecular weight is 314 g/mol. The van der Waals surface area contributed by atoms with Gasteiger partial charge in [0.25, 0.3) is 0 Å². The van der Waals surface area contributed by atoms with E-state index >= 15 is 0 Å². The molecule has 0 radical (unpaired) electrons. The first-order valence-electron chi connectivity index (χ1n) is 7.32. The molecule has 0 saturated heterocycles. The molecule has 2 aromatic rings. The largest absolute Gasteiger partial charge is 0.487 e. The molecule has 0 saturated carbocycles. The van der Waals surface area contributed by atoms with Gasteiger partial charge < -0.3 is 10.1 Å². The third-order valence-electron chi connectivity index (χ3n) is 3.36. The fourth-order valence-electron chi connectivity index (χ4n) is 2.23. The van der Waals surface area contributed by atoms with Crippen LogP contribution in [-0.2, 0) is 4.79 Å². The second-order valence-corrected chi connectivity index (χ2v) is 4.94. The summed E-state index contributed by atoms with van der Waals surface area (Å²) in [6.07, 6.45) is 2.62. The van der Waals surface area contributed by atoms with Crippen LogP contribution in [-0.4, -0.2) is 24.0 Å². The van der Waals surface area contributed by atoms with Crippen molar-refractivity contribution < 1.29 is 14.5 Å². The van der Waals surface area contributed by atoms with Gasteiger partial charge in [-0.25, -0.2) is 0 Å². The number of unbranched alkanes of at least 4 members (excludes halogenated alkanes) is 1. The Balaban J connectivity index is 1.97. The summed E-state index contributed by atoms with van der Waals surface area (Å²) in [5, 5.41) is 15.4. The summed E-state index contributed by atoms with van der Waals surface area (Å²) in [7, 11) is 0. The standard InChI is InChI=1S/C17H18N2O4/c1-2-16(20)18-11-5-6-12-23-15-10-9-13-7-3-4-8-14(13)17(15)19(21)22/h2-4,7-10H,1,5-6,11-12H2,(H,18,20). The van der Waals surface area contributed by atoms with E-state index in [1.807, 2.05) is 18.2 Å². The van der Waals surface area contributed by atoms with Crippen LogP contribution in [0.2, 0.25) is 0 Å². The van der Waals surface area contributed by atoms with Gasteiger partial charge in [0.1, 0.15) is 0 Å². The van der Waals surface area contributed by atoms with Crippen molar-refractivity contribution in [3.8, 4) is 5.75 Å². The molecule has 23 heavy (non-hydrogen) atoms. The van der Waals surface area contributed by atoms with Crippen LogP contribution in [0.3, 0.4) is 0 Å². The quantitative estimate of drug-likeness (QED) is 0.351. The van der Waals surface area contributed by atoms with E-state index in [0.29, 0.717) is 25.0 Å². The highest BCUT2D eigenvalue weighted by Crippen LogP contribution is 2.35. The molecule has 6 nitrogen and oxygen atoms in total. The van der Waals surface area contributed by atoms with Gasteiger partial charge in [-0.1, -0.05) is 30.8 Å². The molecular weight excluding hydrogens is 296 g/mol. The van der Waals surface area contributed by atoms with Crippen LogP contribution < -0.4 is 10.1 Å². The first kappa shape index (κ1) is 16.5. The number of hydrogen-bond donors (Lipinski definition) is 1. The normalized spacial score (nSPS) is 10.3. The van der Waals surface area contributed by atoms with Gasteiger partial charge in [0.05, 0.1) is 16.9 Å². The van der Waals surface area contributed by atoms with Crippen molar-refractivity contribution in [1.82, 2.24) is 5.32 Å². The zero-order chi connectivity index (χ0) is 16.7. The molecule has 0 aliphatic heterocycles. The molecule has 0 aliphatic carbocycles. The second kappa shape index (κ2) is 7.93. The SMILES string of the molecule is C=CC(=O)NCCCCOc1ccc2ccccc2c1[N+](=O)[O-]. The van der Waals surface area contributed by atoms with Gasteiger partial charge in [-0.15, -0.1) is 0 Å². The molecule has 2 rings (SSSR count). The molecule has 120 valence electrons. The molecule has 1 N–H and O–H groups in total. The van der Waals surface area contributed by atoms with E-state index in [0.717, 1.165) is 11.8 Å². The Morgan fingerprint density at radius 3 is 2.78 bits per heavy atom. The Morgan fingerprint density at radius 2 is 2.04 bits per heavy atom. The van der Waals surface area contributed by atoms with Gasteiger partial charge in [0.2, 0.25) is 5.91 Å². The third kappa shape index (κ3) is 4.29. The van der Waals surface area contributed by atoms with Crippen molar-refractivity contribution >= 4 is 22.4 Å². The van der Waals surface area contributed by atoms with Crippen molar-refractivity contribution in [3.05, 3.63) is 59.2 Å². The van der Waals surface area contributed by atoms with E-state index in [2.05, 4.69) is 11.9 Å². The summed E-state index contributed by atoms with van der Waals surface area (Å²) in [5.74, 6) is 0.0555. The molecule has 0 fully saturated rings. The molecular formula is C17H18N2O4. The molecule has 2 aromatic carbocycles. The van der Waals surface area contributed by atoms with Gasteiger partial charge in [0.15, 0.2) is 5.75 Å². The summed E-state index contributed by atoms with van der Waals surface area (Å²) < 4.78 is 5.57. The fraction of sp³-hybridized carbons (Fsp3) is 0.235. The molecule has 6 heteroatoms. The van der Waals surface area contributed by atoms with Crippen LogP contribution in [0, 0.1) is 10.1 Å². The number of fused-ring (bicyclic) bond motifs is 1. The van der Waals surface area contributed by atoms with E-state index in [-0.39, 0.29) is 17.3 Å². The average Bonchev–Trinajstić information content (AvgIpc) is 2.56. The van der Waals surface area contributed by atoms with Crippen LogP contribution in [0.25, 0.3) is 10.8 Å². The maximum absolute atomic E-state index is 11.3. The molecule has 0 bridgehead atoms. The lowest BCUT2D eigenvalue weighted by atomic mass is 10.1. The number of nitrogens with zero attached hydrogens (tertiary/aromatic N) is 1. The summed E-state index contributed by atoms with van der Waals surface area (Å²) in [4.78, 5) is 21.9. The number of nitrogens with one attached hydrogen (secondary N) is 1. The molecule has 0 unspecified atom stereocenters. The summed E-state index contributed by atoms with van der Waals surface area (Å²) in [6.45, 7) is 4.24. The second-order valence-electron chi connectivity index (χ2n) is 4.94. The van der Waals surface area contributed by atoms with E-state index in [4.69, 9.17) is 4.74 Å². The van der Waals surface area contributed by atoms with Crippen LogP contribution in [0.5, 0.6) is 5.75 Å². The lowest BCUT2D eigenvalue weighted by Crippen LogP contribution is -2.22. The lowest BCUT2D eigenvalue weighted by molar-refractivity contribution is -0.384. The monoisotopic (exact) mass is 314 g/mol. The minimum absolute atomic E-state index is 0.0111. The Labute approximate surface area is 133 Å². The zero-order valence-electron chi connectivity index (χ0n) is 12.7. The number of rotatable bonds is 8. The topological polar surface area (TPSA) is 81.5 Å². The van der Waals surface area contributed by atoms with Crippen molar-refractivity contribution in [2.24, 2.45) is 0 Å². The van der Waals surface area contributed by atoms with E-state index in [1.54, 1.807) is 18.2 Å². The van der Waals surface area contributed by atoms with Crippen molar-refractivity contribution in [2.45, 2.75) is 12.8 Å². The molecule has 0 aliphatic rings. The molecule has 0 heterocycles. The highest BCUT2D eigenvalue weighted by molar-refractivity contribution is 5.93. The predicted octanol–water partition coefficient (Wildman–Crippen LogP) is 3.21. The number of hydrogen-bond acceptors (Lipinski definition) is 4. The predicted molar refractivity (Wildman–Crippen MR) is 88.5 cm³/mol. The Kier molecular flexibility index (Phi) is 5.68. The maximum Gasteiger partial charge on any atom is 0.318 e. The number of nitro benzene ring substituents is 1. The number of carbonyl (C=O) groups excluding carboxylic acids is 1. The van der Waals surface area contributed by atoms with E-state index < -0.39 is 4.92 Å². The van der Waals surface area contributed by atoms with Crippen molar-refractivity contribution in [3.63, 3.8) is 0 Å². The Bertz CT molecular complexity index is 728. The summed E-state index contributed by atoms with van der Waals surface area (Å²) in [5.41, 5.74) is -0.0111. The number of benzene rings is 2. The number of carbonyl (C=O) groups is 1. The van der Waals surface area contributed by atoms with Gasteiger partial charge in [-0.3, -0.25) is 14.9 Å². The maximum atomic E-state index is 11.3. The highest BCUT2D eigenvalue weighted by Gasteiger charge is 2.19. The molecule has 0 aromatic heterocycles. The first-order valence-corrected chi connectivity index (χ1v) is 7.32. The van der Waals surface area contributed by atoms with Crippen LogP contribution in [0.15, 0.2) is 49.1 Å². The Morgan fingerprint density at radius 1 is 1.26 bits per heavy atom. The van der Waals surface area contributed by atoms with Crippen LogP contribution in [0.4, 0.5) is 5.69 Å².